The molecule has 1 aliphatic heterocycles. The molecule has 0 aliphatic carbocycles. The molecule has 4 rings (SSSR count). The van der Waals surface area contributed by atoms with Crippen molar-refractivity contribution in [3.8, 4) is 17.2 Å². The first-order valence-corrected chi connectivity index (χ1v) is 10.9. The van der Waals surface area contributed by atoms with Crippen LogP contribution < -0.4 is 4.74 Å². The third-order valence-corrected chi connectivity index (χ3v) is 5.87. The van der Waals surface area contributed by atoms with Crippen LogP contribution >= 0.6 is 11.3 Å². The van der Waals surface area contributed by atoms with Crippen molar-refractivity contribution >= 4 is 17.2 Å². The van der Waals surface area contributed by atoms with E-state index in [0.717, 1.165) is 36.3 Å². The lowest BCUT2D eigenvalue weighted by Gasteiger charge is -2.22. The van der Waals surface area contributed by atoms with Crippen LogP contribution in [0.4, 0.5) is 0 Å². The Morgan fingerprint density at radius 3 is 3.00 bits per heavy atom. The van der Waals surface area contributed by atoms with Crippen molar-refractivity contribution in [1.29, 1.82) is 0 Å². The van der Waals surface area contributed by atoms with E-state index in [0.29, 0.717) is 31.2 Å². The number of thiophene rings is 1. The van der Waals surface area contributed by atoms with Gasteiger partial charge in [-0.05, 0) is 56.2 Å². The van der Waals surface area contributed by atoms with E-state index in [1.54, 1.807) is 11.3 Å². The molecule has 6 nitrogen and oxygen atoms in total. The third kappa shape index (κ3) is 4.50. The maximum absolute atomic E-state index is 12.8. The number of hydrogen-bond acceptors (Lipinski definition) is 6. The first kappa shape index (κ1) is 19.6. The second kappa shape index (κ2) is 8.78. The molecule has 0 radical (unpaired) electrons. The van der Waals surface area contributed by atoms with Gasteiger partial charge in [0.05, 0.1) is 6.61 Å². The van der Waals surface area contributed by atoms with Crippen LogP contribution in [0, 0.1) is 13.8 Å². The fourth-order valence-electron chi connectivity index (χ4n) is 3.70. The molecule has 0 bridgehead atoms. The lowest BCUT2D eigenvalue weighted by atomic mass is 10.1. The largest absolute Gasteiger partial charge is 0.493 e. The van der Waals surface area contributed by atoms with Gasteiger partial charge in [-0.1, -0.05) is 17.7 Å². The number of ether oxygens (including phenoxy) is 1. The molecule has 0 saturated carbocycles. The minimum Gasteiger partial charge on any atom is -0.493 e. The van der Waals surface area contributed by atoms with E-state index in [2.05, 4.69) is 23.2 Å². The number of carbonyl (C=O) groups excluding carboxylic acids is 1. The van der Waals surface area contributed by atoms with Crippen molar-refractivity contribution < 1.29 is 13.9 Å². The van der Waals surface area contributed by atoms with Crippen LogP contribution in [0.1, 0.15) is 48.7 Å². The summed E-state index contributed by atoms with van der Waals surface area (Å²) in [5.41, 5.74) is 3.26. The van der Waals surface area contributed by atoms with Crippen LogP contribution in [0.15, 0.2) is 39.4 Å². The lowest BCUT2D eigenvalue weighted by molar-refractivity contribution is -0.132. The highest BCUT2D eigenvalue weighted by atomic mass is 32.1. The molecule has 3 aromatic rings. The number of carbonyl (C=O) groups is 1. The standard InChI is InChI=1S/C22H25N3O3S/c1-15-7-8-19(16(2)13-15)27-11-4-6-20(26)25-10-3-5-18(25)22-24-23-21(28-22)17-9-12-29-14-17/h7-9,12-14,18H,3-6,10-11H2,1-2H3. The summed E-state index contributed by atoms with van der Waals surface area (Å²) in [5.74, 6) is 2.05. The van der Waals surface area contributed by atoms with E-state index in [1.807, 2.05) is 40.8 Å². The molecule has 152 valence electrons. The second-order valence-electron chi connectivity index (χ2n) is 7.42. The van der Waals surface area contributed by atoms with Gasteiger partial charge in [0.15, 0.2) is 0 Å². The minimum absolute atomic E-state index is 0.118. The number of benzene rings is 1. The van der Waals surface area contributed by atoms with Crippen molar-refractivity contribution in [2.45, 2.75) is 45.6 Å². The second-order valence-corrected chi connectivity index (χ2v) is 8.20. The number of rotatable bonds is 7. The molecule has 1 saturated heterocycles. The Morgan fingerprint density at radius 2 is 2.21 bits per heavy atom. The molecule has 1 atom stereocenters. The van der Waals surface area contributed by atoms with Gasteiger partial charge in [0.2, 0.25) is 17.7 Å². The first-order chi connectivity index (χ1) is 14.1. The summed E-state index contributed by atoms with van der Waals surface area (Å²) in [6.45, 7) is 5.36. The van der Waals surface area contributed by atoms with Gasteiger partial charge in [-0.3, -0.25) is 4.79 Å². The van der Waals surface area contributed by atoms with Crippen LogP contribution in [0.5, 0.6) is 5.75 Å². The molecule has 7 heteroatoms. The molecular formula is C22H25N3O3S. The van der Waals surface area contributed by atoms with Gasteiger partial charge in [0.1, 0.15) is 11.8 Å². The Hall–Kier alpha value is -2.67. The third-order valence-electron chi connectivity index (χ3n) is 5.19. The smallest absolute Gasteiger partial charge is 0.248 e. The van der Waals surface area contributed by atoms with Gasteiger partial charge < -0.3 is 14.1 Å². The van der Waals surface area contributed by atoms with Crippen molar-refractivity contribution in [1.82, 2.24) is 15.1 Å². The summed E-state index contributed by atoms with van der Waals surface area (Å²) >= 11 is 1.59. The highest BCUT2D eigenvalue weighted by Gasteiger charge is 2.33. The van der Waals surface area contributed by atoms with E-state index in [1.165, 1.54) is 5.56 Å². The molecule has 1 amide bonds. The van der Waals surface area contributed by atoms with Gasteiger partial charge in [-0.15, -0.1) is 10.2 Å². The van der Waals surface area contributed by atoms with Crippen LogP contribution in [0.2, 0.25) is 0 Å². The molecule has 1 aromatic carbocycles. The summed E-state index contributed by atoms with van der Waals surface area (Å²) in [5, 5.41) is 12.3. The number of aryl methyl sites for hydroxylation is 2. The minimum atomic E-state index is -0.123. The molecular weight excluding hydrogens is 386 g/mol. The average molecular weight is 412 g/mol. The predicted molar refractivity (Wildman–Crippen MR) is 112 cm³/mol. The normalized spacial score (nSPS) is 16.3. The first-order valence-electron chi connectivity index (χ1n) is 9.97. The molecule has 3 heterocycles. The Kier molecular flexibility index (Phi) is 5.94. The predicted octanol–water partition coefficient (Wildman–Crippen LogP) is 4.94. The zero-order valence-corrected chi connectivity index (χ0v) is 17.6. The van der Waals surface area contributed by atoms with Crippen LogP contribution in [-0.2, 0) is 4.79 Å². The van der Waals surface area contributed by atoms with E-state index in [-0.39, 0.29) is 11.9 Å². The molecule has 0 N–H and O–H groups in total. The average Bonchev–Trinajstić information content (AvgIpc) is 3.46. The molecule has 1 unspecified atom stereocenters. The summed E-state index contributed by atoms with van der Waals surface area (Å²) < 4.78 is 11.7. The van der Waals surface area contributed by atoms with Gasteiger partial charge in [-0.25, -0.2) is 0 Å². The fourth-order valence-corrected chi connectivity index (χ4v) is 4.33. The van der Waals surface area contributed by atoms with Crippen molar-refractivity contribution in [3.63, 3.8) is 0 Å². The quantitative estimate of drug-likeness (QED) is 0.515. The summed E-state index contributed by atoms with van der Waals surface area (Å²) in [4.78, 5) is 14.6. The Morgan fingerprint density at radius 1 is 1.31 bits per heavy atom. The number of likely N-dealkylation sites (tertiary alicyclic amines) is 1. The zero-order valence-electron chi connectivity index (χ0n) is 16.8. The highest BCUT2D eigenvalue weighted by Crippen LogP contribution is 2.33. The molecule has 1 aliphatic rings. The number of aromatic nitrogens is 2. The van der Waals surface area contributed by atoms with E-state index in [9.17, 15) is 4.79 Å². The zero-order chi connectivity index (χ0) is 20.2. The van der Waals surface area contributed by atoms with Gasteiger partial charge in [-0.2, -0.15) is 11.3 Å². The SMILES string of the molecule is Cc1ccc(OCCCC(=O)N2CCCC2c2nnc(-c3ccsc3)o2)c(C)c1. The van der Waals surface area contributed by atoms with Crippen molar-refractivity contribution in [2.75, 3.05) is 13.2 Å². The Labute approximate surface area is 174 Å². The summed E-state index contributed by atoms with van der Waals surface area (Å²) in [7, 11) is 0. The van der Waals surface area contributed by atoms with E-state index < -0.39 is 0 Å². The summed E-state index contributed by atoms with van der Waals surface area (Å²) in [6, 6.07) is 7.96. The Balaban J connectivity index is 1.31. The van der Waals surface area contributed by atoms with Crippen molar-refractivity contribution in [2.24, 2.45) is 0 Å². The molecule has 0 spiro atoms. The van der Waals surface area contributed by atoms with E-state index >= 15 is 0 Å². The summed E-state index contributed by atoms with van der Waals surface area (Å²) in [6.07, 6.45) is 2.94. The maximum atomic E-state index is 12.8. The molecule has 2 aromatic heterocycles. The fraction of sp³-hybridized carbons (Fsp3) is 0.409. The lowest BCUT2D eigenvalue weighted by Crippen LogP contribution is -2.30. The number of nitrogens with zero attached hydrogens (tertiary/aromatic N) is 3. The van der Waals surface area contributed by atoms with Crippen LogP contribution in [0.25, 0.3) is 11.5 Å². The highest BCUT2D eigenvalue weighted by molar-refractivity contribution is 7.08. The van der Waals surface area contributed by atoms with Gasteiger partial charge in [0.25, 0.3) is 0 Å². The number of hydrogen-bond donors (Lipinski definition) is 0. The van der Waals surface area contributed by atoms with Crippen LogP contribution in [0.3, 0.4) is 0 Å². The number of amides is 1. The maximum Gasteiger partial charge on any atom is 0.248 e. The van der Waals surface area contributed by atoms with Gasteiger partial charge in [0, 0.05) is 23.9 Å². The van der Waals surface area contributed by atoms with Gasteiger partial charge >= 0.3 is 0 Å². The van der Waals surface area contributed by atoms with Crippen LogP contribution in [-0.4, -0.2) is 34.2 Å². The van der Waals surface area contributed by atoms with E-state index in [4.69, 9.17) is 9.15 Å². The monoisotopic (exact) mass is 411 g/mol. The topological polar surface area (TPSA) is 68.5 Å². The molecule has 29 heavy (non-hydrogen) atoms. The Bertz CT molecular complexity index is 968. The van der Waals surface area contributed by atoms with Crippen molar-refractivity contribution in [3.05, 3.63) is 52.0 Å². The molecule has 1 fully saturated rings.